The molecule has 0 atom stereocenters. The summed E-state index contributed by atoms with van der Waals surface area (Å²) in [5, 5.41) is 0. The van der Waals surface area contributed by atoms with E-state index in [1.165, 1.54) is 25.9 Å². The lowest BCUT2D eigenvalue weighted by Gasteiger charge is -2.42. The fraction of sp³-hybridized carbons (Fsp3) is 1.00. The second kappa shape index (κ2) is 3.32. The normalized spacial score (nSPS) is 28.8. The van der Waals surface area contributed by atoms with Crippen LogP contribution in [0.1, 0.15) is 12.8 Å². The number of likely N-dealkylation sites (tertiary alicyclic amines) is 1. The van der Waals surface area contributed by atoms with Crippen molar-refractivity contribution in [1.82, 2.24) is 4.90 Å². The smallest absolute Gasteiger partial charge is 0.0569 e. The number of nitrogens with two attached hydrogens (primary N) is 1. The standard InChI is InChI=1S/C9H18N2O/c10-5-9(7-12-8-9)6-11-3-1-2-4-11/h1-8,10H2. The average Bonchev–Trinajstić information content (AvgIpc) is 2.49. The highest BCUT2D eigenvalue weighted by atomic mass is 16.5. The van der Waals surface area contributed by atoms with Gasteiger partial charge in [-0.3, -0.25) is 0 Å². The molecule has 3 nitrogen and oxygen atoms in total. The van der Waals surface area contributed by atoms with Gasteiger partial charge in [-0.25, -0.2) is 0 Å². The van der Waals surface area contributed by atoms with Gasteiger partial charge >= 0.3 is 0 Å². The highest BCUT2D eigenvalue weighted by Gasteiger charge is 2.39. The number of nitrogens with zero attached hydrogens (tertiary/aromatic N) is 1. The minimum absolute atomic E-state index is 0.310. The minimum atomic E-state index is 0.310. The van der Waals surface area contributed by atoms with Gasteiger partial charge in [-0.1, -0.05) is 0 Å². The van der Waals surface area contributed by atoms with E-state index in [2.05, 4.69) is 4.90 Å². The molecule has 2 heterocycles. The van der Waals surface area contributed by atoms with Crippen LogP contribution in [0.4, 0.5) is 0 Å². The van der Waals surface area contributed by atoms with Gasteiger partial charge in [0, 0.05) is 18.5 Å². The Kier molecular flexibility index (Phi) is 2.35. The topological polar surface area (TPSA) is 38.5 Å². The Labute approximate surface area is 73.9 Å². The fourth-order valence-corrected chi connectivity index (χ4v) is 2.08. The van der Waals surface area contributed by atoms with Crippen molar-refractivity contribution in [1.29, 1.82) is 0 Å². The molecule has 0 unspecified atom stereocenters. The molecule has 2 fully saturated rings. The van der Waals surface area contributed by atoms with Gasteiger partial charge in [-0.2, -0.15) is 0 Å². The molecule has 2 N–H and O–H groups in total. The molecule has 0 aromatic heterocycles. The maximum absolute atomic E-state index is 5.74. The summed E-state index contributed by atoms with van der Waals surface area (Å²) >= 11 is 0. The third-order valence-electron chi connectivity index (χ3n) is 3.01. The molecule has 0 aliphatic carbocycles. The van der Waals surface area contributed by atoms with Crippen LogP contribution in [0.5, 0.6) is 0 Å². The van der Waals surface area contributed by atoms with E-state index in [0.29, 0.717) is 5.41 Å². The Morgan fingerprint density at radius 3 is 2.33 bits per heavy atom. The first-order chi connectivity index (χ1) is 5.85. The minimum Gasteiger partial charge on any atom is -0.380 e. The van der Waals surface area contributed by atoms with E-state index in [1.54, 1.807) is 0 Å². The molecule has 0 aromatic carbocycles. The number of ether oxygens (including phenoxy) is 1. The van der Waals surface area contributed by atoms with E-state index >= 15 is 0 Å². The molecule has 0 radical (unpaired) electrons. The first-order valence-electron chi connectivity index (χ1n) is 4.85. The van der Waals surface area contributed by atoms with Crippen LogP contribution in [0, 0.1) is 5.41 Å². The molecule has 70 valence electrons. The summed E-state index contributed by atoms with van der Waals surface area (Å²) < 4.78 is 5.23. The molecule has 0 amide bonds. The monoisotopic (exact) mass is 170 g/mol. The zero-order valence-electron chi connectivity index (χ0n) is 7.59. The van der Waals surface area contributed by atoms with E-state index in [0.717, 1.165) is 26.3 Å². The molecule has 0 bridgehead atoms. The lowest BCUT2D eigenvalue weighted by atomic mass is 9.85. The molecule has 2 aliphatic rings. The summed E-state index contributed by atoms with van der Waals surface area (Å²) in [5.41, 5.74) is 6.05. The van der Waals surface area contributed by atoms with E-state index in [-0.39, 0.29) is 0 Å². The summed E-state index contributed by atoms with van der Waals surface area (Å²) in [5.74, 6) is 0. The first-order valence-corrected chi connectivity index (χ1v) is 4.85. The number of hydrogen-bond acceptors (Lipinski definition) is 3. The predicted molar refractivity (Wildman–Crippen MR) is 48.0 cm³/mol. The van der Waals surface area contributed by atoms with E-state index in [4.69, 9.17) is 10.5 Å². The molecular formula is C9H18N2O. The van der Waals surface area contributed by atoms with Crippen LogP contribution in [0.3, 0.4) is 0 Å². The van der Waals surface area contributed by atoms with Crippen LogP contribution >= 0.6 is 0 Å². The predicted octanol–water partition coefficient (Wildman–Crippen LogP) is 0.0575. The van der Waals surface area contributed by atoms with E-state index < -0.39 is 0 Å². The summed E-state index contributed by atoms with van der Waals surface area (Å²) in [7, 11) is 0. The molecule has 2 aliphatic heterocycles. The summed E-state index contributed by atoms with van der Waals surface area (Å²) in [6.45, 7) is 6.22. The van der Waals surface area contributed by atoms with Gasteiger partial charge in [-0.05, 0) is 25.9 Å². The van der Waals surface area contributed by atoms with Crippen LogP contribution in [-0.4, -0.2) is 44.3 Å². The van der Waals surface area contributed by atoms with Gasteiger partial charge in [0.15, 0.2) is 0 Å². The van der Waals surface area contributed by atoms with Gasteiger partial charge in [0.2, 0.25) is 0 Å². The highest BCUT2D eigenvalue weighted by Crippen LogP contribution is 2.28. The summed E-state index contributed by atoms with van der Waals surface area (Å²) in [6.07, 6.45) is 2.73. The van der Waals surface area contributed by atoms with Gasteiger partial charge in [0.25, 0.3) is 0 Å². The van der Waals surface area contributed by atoms with Crippen molar-refractivity contribution in [2.75, 3.05) is 39.4 Å². The maximum atomic E-state index is 5.74. The lowest BCUT2D eigenvalue weighted by molar-refractivity contribution is -0.118. The number of rotatable bonds is 3. The average molecular weight is 170 g/mol. The Balaban J connectivity index is 1.83. The quantitative estimate of drug-likeness (QED) is 0.651. The Morgan fingerprint density at radius 1 is 1.25 bits per heavy atom. The Bertz CT molecular complexity index is 145. The van der Waals surface area contributed by atoms with Crippen molar-refractivity contribution < 1.29 is 4.74 Å². The van der Waals surface area contributed by atoms with Crippen molar-refractivity contribution in [2.24, 2.45) is 11.1 Å². The molecule has 2 saturated heterocycles. The molecule has 3 heteroatoms. The molecule has 0 aromatic rings. The fourth-order valence-electron chi connectivity index (χ4n) is 2.08. The molecule has 0 saturated carbocycles. The third-order valence-corrected chi connectivity index (χ3v) is 3.01. The zero-order chi connectivity index (χ0) is 8.44. The molecular weight excluding hydrogens is 152 g/mol. The van der Waals surface area contributed by atoms with Gasteiger partial charge in [0.1, 0.15) is 0 Å². The highest BCUT2D eigenvalue weighted by molar-refractivity contribution is 4.90. The van der Waals surface area contributed by atoms with Crippen LogP contribution in [0.2, 0.25) is 0 Å². The largest absolute Gasteiger partial charge is 0.380 e. The summed E-state index contributed by atoms with van der Waals surface area (Å²) in [6, 6.07) is 0. The maximum Gasteiger partial charge on any atom is 0.0569 e. The van der Waals surface area contributed by atoms with Gasteiger partial charge < -0.3 is 15.4 Å². The second-order valence-corrected chi connectivity index (χ2v) is 4.18. The van der Waals surface area contributed by atoms with Crippen molar-refractivity contribution in [3.8, 4) is 0 Å². The SMILES string of the molecule is NCC1(CN2CCCC2)COC1. The Hall–Kier alpha value is -0.120. The molecule has 2 rings (SSSR count). The van der Waals surface area contributed by atoms with Crippen molar-refractivity contribution in [2.45, 2.75) is 12.8 Å². The van der Waals surface area contributed by atoms with Crippen LogP contribution < -0.4 is 5.73 Å². The van der Waals surface area contributed by atoms with Gasteiger partial charge in [-0.15, -0.1) is 0 Å². The lowest BCUT2D eigenvalue weighted by Crippen LogP contribution is -2.54. The first kappa shape index (κ1) is 8.48. The zero-order valence-corrected chi connectivity index (χ0v) is 7.59. The Morgan fingerprint density at radius 2 is 1.92 bits per heavy atom. The summed E-state index contributed by atoms with van der Waals surface area (Å²) in [4.78, 5) is 2.52. The van der Waals surface area contributed by atoms with E-state index in [1.807, 2.05) is 0 Å². The molecule has 0 spiro atoms. The molecule has 12 heavy (non-hydrogen) atoms. The van der Waals surface area contributed by atoms with Crippen LogP contribution in [0.15, 0.2) is 0 Å². The van der Waals surface area contributed by atoms with E-state index in [9.17, 15) is 0 Å². The van der Waals surface area contributed by atoms with Crippen molar-refractivity contribution in [3.63, 3.8) is 0 Å². The van der Waals surface area contributed by atoms with Crippen molar-refractivity contribution >= 4 is 0 Å². The third kappa shape index (κ3) is 1.49. The van der Waals surface area contributed by atoms with Crippen molar-refractivity contribution in [3.05, 3.63) is 0 Å². The van der Waals surface area contributed by atoms with Gasteiger partial charge in [0.05, 0.1) is 13.2 Å². The number of hydrogen-bond donors (Lipinski definition) is 1. The van der Waals surface area contributed by atoms with Crippen LogP contribution in [0.25, 0.3) is 0 Å². The second-order valence-electron chi connectivity index (χ2n) is 4.18. The van der Waals surface area contributed by atoms with Crippen LogP contribution in [-0.2, 0) is 4.74 Å².